The van der Waals surface area contributed by atoms with E-state index in [1.54, 1.807) is 7.11 Å². The van der Waals surface area contributed by atoms with Gasteiger partial charge in [0.25, 0.3) is 0 Å². The van der Waals surface area contributed by atoms with E-state index in [-0.39, 0.29) is 5.54 Å². The van der Waals surface area contributed by atoms with Crippen molar-refractivity contribution < 1.29 is 4.74 Å². The lowest BCUT2D eigenvalue weighted by molar-refractivity contribution is 0.287. The highest BCUT2D eigenvalue weighted by atomic mass is 16.5. The lowest BCUT2D eigenvalue weighted by Gasteiger charge is -2.39. The zero-order valence-electron chi connectivity index (χ0n) is 11.0. The number of fused-ring (bicyclic) bond motifs is 1. The summed E-state index contributed by atoms with van der Waals surface area (Å²) in [6.45, 7) is 0.670. The summed E-state index contributed by atoms with van der Waals surface area (Å²) >= 11 is 0. The van der Waals surface area contributed by atoms with Crippen LogP contribution < -0.4 is 15.8 Å². The molecule has 3 nitrogen and oxygen atoms in total. The third-order valence-corrected chi connectivity index (χ3v) is 4.29. The largest absolute Gasteiger partial charge is 0.497 e. The summed E-state index contributed by atoms with van der Waals surface area (Å²) in [5.74, 6) is 0.936. The molecular formula is C15H22N2O. The highest BCUT2D eigenvalue weighted by molar-refractivity contribution is 5.42. The van der Waals surface area contributed by atoms with Gasteiger partial charge in [-0.2, -0.15) is 0 Å². The minimum absolute atomic E-state index is 0.0245. The Bertz CT molecular complexity index is 442. The summed E-state index contributed by atoms with van der Waals surface area (Å²) in [4.78, 5) is 0. The summed E-state index contributed by atoms with van der Waals surface area (Å²) < 4.78 is 5.37. The third kappa shape index (κ3) is 2.02. The van der Waals surface area contributed by atoms with Crippen molar-refractivity contribution in [3.63, 3.8) is 0 Å². The maximum atomic E-state index is 6.12. The van der Waals surface area contributed by atoms with E-state index in [0.717, 1.165) is 18.6 Å². The van der Waals surface area contributed by atoms with Crippen LogP contribution in [0.5, 0.6) is 5.75 Å². The molecule has 0 radical (unpaired) electrons. The molecule has 3 heteroatoms. The van der Waals surface area contributed by atoms with E-state index in [0.29, 0.717) is 12.6 Å². The van der Waals surface area contributed by atoms with E-state index >= 15 is 0 Å². The molecule has 1 saturated carbocycles. The summed E-state index contributed by atoms with van der Waals surface area (Å²) in [5, 5.41) is 3.78. The molecule has 1 aromatic rings. The molecule has 0 aromatic heterocycles. The molecule has 0 saturated heterocycles. The summed E-state index contributed by atoms with van der Waals surface area (Å²) in [7, 11) is 1.73. The monoisotopic (exact) mass is 246 g/mol. The minimum atomic E-state index is -0.0245. The Morgan fingerprint density at radius 1 is 1.44 bits per heavy atom. The number of hydrogen-bond donors (Lipinski definition) is 2. The van der Waals surface area contributed by atoms with Gasteiger partial charge in [0.15, 0.2) is 0 Å². The molecule has 2 aliphatic carbocycles. The molecular weight excluding hydrogens is 224 g/mol. The predicted octanol–water partition coefficient (Wildman–Crippen LogP) is 1.94. The van der Waals surface area contributed by atoms with Crippen LogP contribution in [-0.2, 0) is 12.0 Å². The van der Waals surface area contributed by atoms with Crippen molar-refractivity contribution in [1.29, 1.82) is 0 Å². The van der Waals surface area contributed by atoms with Crippen molar-refractivity contribution in [2.75, 3.05) is 13.7 Å². The number of nitrogens with two attached hydrogens (primary N) is 1. The number of ether oxygens (including phenoxy) is 1. The van der Waals surface area contributed by atoms with Gasteiger partial charge in [0.1, 0.15) is 5.75 Å². The molecule has 3 rings (SSSR count). The first-order valence-electron chi connectivity index (χ1n) is 6.92. The van der Waals surface area contributed by atoms with Crippen molar-refractivity contribution in [1.82, 2.24) is 5.32 Å². The molecule has 98 valence electrons. The highest BCUT2D eigenvalue weighted by Crippen LogP contribution is 2.39. The van der Waals surface area contributed by atoms with E-state index in [9.17, 15) is 0 Å². The van der Waals surface area contributed by atoms with Gasteiger partial charge in [0.05, 0.1) is 12.6 Å². The Morgan fingerprint density at radius 2 is 2.28 bits per heavy atom. The van der Waals surface area contributed by atoms with Gasteiger partial charge >= 0.3 is 0 Å². The summed E-state index contributed by atoms with van der Waals surface area (Å²) in [6, 6.07) is 7.11. The molecule has 0 heterocycles. The first-order chi connectivity index (χ1) is 8.77. The maximum absolute atomic E-state index is 6.12. The van der Waals surface area contributed by atoms with Gasteiger partial charge in [-0.3, -0.25) is 0 Å². The van der Waals surface area contributed by atoms with Crippen molar-refractivity contribution in [2.24, 2.45) is 5.73 Å². The number of methoxy groups -OCH3 is 1. The topological polar surface area (TPSA) is 47.3 Å². The molecule has 1 atom stereocenters. The van der Waals surface area contributed by atoms with Crippen molar-refractivity contribution in [2.45, 2.75) is 43.7 Å². The van der Waals surface area contributed by atoms with E-state index in [4.69, 9.17) is 10.5 Å². The van der Waals surface area contributed by atoms with Crippen LogP contribution in [0.4, 0.5) is 0 Å². The molecule has 18 heavy (non-hydrogen) atoms. The van der Waals surface area contributed by atoms with Crippen LogP contribution in [0.25, 0.3) is 0 Å². The Balaban J connectivity index is 2.01. The van der Waals surface area contributed by atoms with Crippen molar-refractivity contribution in [3.8, 4) is 5.75 Å². The zero-order valence-corrected chi connectivity index (χ0v) is 11.0. The maximum Gasteiger partial charge on any atom is 0.119 e. The van der Waals surface area contributed by atoms with Gasteiger partial charge in [0, 0.05) is 12.6 Å². The number of hydrogen-bond acceptors (Lipinski definition) is 3. The first kappa shape index (κ1) is 12.0. The van der Waals surface area contributed by atoms with Gasteiger partial charge in [-0.15, -0.1) is 0 Å². The van der Waals surface area contributed by atoms with Crippen LogP contribution in [-0.4, -0.2) is 19.7 Å². The summed E-state index contributed by atoms with van der Waals surface area (Å²) in [6.07, 6.45) is 6.10. The normalized spacial score (nSPS) is 26.8. The lowest BCUT2D eigenvalue weighted by Crippen LogP contribution is -2.51. The fraction of sp³-hybridized carbons (Fsp3) is 0.600. The highest BCUT2D eigenvalue weighted by Gasteiger charge is 2.39. The average Bonchev–Trinajstić information content (AvgIpc) is 3.22. The second-order valence-electron chi connectivity index (χ2n) is 5.58. The molecule has 3 N–H and O–H groups in total. The molecule has 0 amide bonds. The third-order valence-electron chi connectivity index (χ3n) is 4.29. The standard InChI is InChI=1S/C15H22N2O/c1-18-13-7-4-11-3-2-8-15(10-16,14(11)9-13)17-12-5-6-12/h4,7,9,12,17H,2-3,5-6,8,10,16H2,1H3. The number of aryl methyl sites for hydroxylation is 1. The number of benzene rings is 1. The van der Waals surface area contributed by atoms with Crippen LogP contribution in [0.1, 0.15) is 36.8 Å². The molecule has 1 aromatic carbocycles. The zero-order chi connectivity index (χ0) is 12.6. The minimum Gasteiger partial charge on any atom is -0.497 e. The van der Waals surface area contributed by atoms with Crippen LogP contribution >= 0.6 is 0 Å². The second kappa shape index (κ2) is 4.56. The van der Waals surface area contributed by atoms with Gasteiger partial charge in [0.2, 0.25) is 0 Å². The smallest absolute Gasteiger partial charge is 0.119 e. The van der Waals surface area contributed by atoms with Crippen LogP contribution in [0.3, 0.4) is 0 Å². The van der Waals surface area contributed by atoms with E-state index in [1.165, 1.54) is 30.4 Å². The Labute approximate surface area is 109 Å². The molecule has 1 unspecified atom stereocenters. The van der Waals surface area contributed by atoms with E-state index < -0.39 is 0 Å². The molecule has 2 aliphatic rings. The Kier molecular flexibility index (Phi) is 3.04. The number of rotatable bonds is 4. The van der Waals surface area contributed by atoms with Gasteiger partial charge in [-0.1, -0.05) is 6.07 Å². The van der Waals surface area contributed by atoms with Crippen LogP contribution in [0.2, 0.25) is 0 Å². The quantitative estimate of drug-likeness (QED) is 0.853. The van der Waals surface area contributed by atoms with Gasteiger partial charge in [-0.05, 0) is 55.4 Å². The SMILES string of the molecule is COc1ccc2c(c1)C(CN)(NC1CC1)CCC2. The Hall–Kier alpha value is -1.06. The Morgan fingerprint density at radius 3 is 2.94 bits per heavy atom. The molecule has 0 spiro atoms. The van der Waals surface area contributed by atoms with Crippen LogP contribution in [0.15, 0.2) is 18.2 Å². The average molecular weight is 246 g/mol. The molecule has 0 aliphatic heterocycles. The predicted molar refractivity (Wildman–Crippen MR) is 72.8 cm³/mol. The first-order valence-corrected chi connectivity index (χ1v) is 6.92. The van der Waals surface area contributed by atoms with Crippen LogP contribution in [0, 0.1) is 0 Å². The van der Waals surface area contributed by atoms with Crippen molar-refractivity contribution in [3.05, 3.63) is 29.3 Å². The second-order valence-corrected chi connectivity index (χ2v) is 5.58. The lowest BCUT2D eigenvalue weighted by atomic mass is 9.76. The van der Waals surface area contributed by atoms with Gasteiger partial charge in [-0.25, -0.2) is 0 Å². The molecule has 1 fully saturated rings. The van der Waals surface area contributed by atoms with Crippen molar-refractivity contribution >= 4 is 0 Å². The van der Waals surface area contributed by atoms with E-state index in [1.807, 2.05) is 0 Å². The van der Waals surface area contributed by atoms with E-state index in [2.05, 4.69) is 23.5 Å². The fourth-order valence-electron chi connectivity index (χ4n) is 3.10. The van der Waals surface area contributed by atoms with Gasteiger partial charge < -0.3 is 15.8 Å². The number of nitrogens with one attached hydrogen (secondary N) is 1. The summed E-state index contributed by atoms with van der Waals surface area (Å²) in [5.41, 5.74) is 8.89. The molecule has 0 bridgehead atoms. The fourth-order valence-corrected chi connectivity index (χ4v) is 3.10.